The Labute approximate surface area is 165 Å². The molecule has 1 N–H and O–H groups in total. The molecule has 0 spiro atoms. The van der Waals surface area contributed by atoms with Crippen LogP contribution in [0.5, 0.6) is 11.5 Å². The fourth-order valence-corrected chi connectivity index (χ4v) is 2.64. The fraction of sp³-hybridized carbons (Fsp3) is 0.158. The lowest BCUT2D eigenvalue weighted by atomic mass is 10.1. The standard InChI is InChI=1S/C19H18BrClN2O3/c1-3-8-26-19-16(21)9-14(10-17(19)25-2)12-22-23-18(24)11-13-4-6-15(20)7-5-13/h3-7,9-10,12H,1,8,11H2,2H3,(H,23,24)/b22-12+. The van der Waals surface area contributed by atoms with Gasteiger partial charge >= 0.3 is 0 Å². The number of benzene rings is 2. The zero-order valence-corrected chi connectivity index (χ0v) is 16.5. The van der Waals surface area contributed by atoms with E-state index in [2.05, 4.69) is 33.0 Å². The van der Waals surface area contributed by atoms with Crippen molar-refractivity contribution in [2.45, 2.75) is 6.42 Å². The van der Waals surface area contributed by atoms with E-state index in [1.54, 1.807) is 18.2 Å². The number of rotatable bonds is 8. The molecule has 0 aliphatic rings. The molecule has 0 saturated heterocycles. The van der Waals surface area contributed by atoms with Gasteiger partial charge in [-0.2, -0.15) is 5.10 Å². The van der Waals surface area contributed by atoms with Crippen LogP contribution in [-0.2, 0) is 11.2 Å². The first-order valence-electron chi connectivity index (χ1n) is 7.71. The summed E-state index contributed by atoms with van der Waals surface area (Å²) >= 11 is 9.58. The number of hydrogen-bond donors (Lipinski definition) is 1. The van der Waals surface area contributed by atoms with E-state index in [0.29, 0.717) is 28.7 Å². The molecule has 2 aromatic carbocycles. The van der Waals surface area contributed by atoms with E-state index in [-0.39, 0.29) is 12.3 Å². The van der Waals surface area contributed by atoms with Gasteiger partial charge in [-0.3, -0.25) is 4.79 Å². The second-order valence-electron chi connectivity index (χ2n) is 5.23. The lowest BCUT2D eigenvalue weighted by Gasteiger charge is -2.11. The molecule has 0 radical (unpaired) electrons. The molecule has 0 fully saturated rings. The number of nitrogens with one attached hydrogen (secondary N) is 1. The molecule has 0 unspecified atom stereocenters. The number of methoxy groups -OCH3 is 1. The maximum atomic E-state index is 11.9. The molecule has 0 bridgehead atoms. The van der Waals surface area contributed by atoms with Crippen molar-refractivity contribution in [3.8, 4) is 11.5 Å². The number of hydrazone groups is 1. The van der Waals surface area contributed by atoms with Crippen molar-refractivity contribution in [2.24, 2.45) is 5.10 Å². The van der Waals surface area contributed by atoms with E-state index in [4.69, 9.17) is 21.1 Å². The first kappa shape index (κ1) is 20.0. The Hall–Kier alpha value is -2.31. The van der Waals surface area contributed by atoms with Gasteiger partial charge in [0.1, 0.15) is 6.61 Å². The number of ether oxygens (including phenoxy) is 2. The Morgan fingerprint density at radius 2 is 2.08 bits per heavy atom. The van der Waals surface area contributed by atoms with Crippen LogP contribution in [-0.4, -0.2) is 25.8 Å². The van der Waals surface area contributed by atoms with Crippen molar-refractivity contribution in [1.29, 1.82) is 0 Å². The largest absolute Gasteiger partial charge is 0.493 e. The third-order valence-corrected chi connectivity index (χ3v) is 4.09. The molecule has 0 aliphatic carbocycles. The molecule has 0 aliphatic heterocycles. The number of carbonyl (C=O) groups is 1. The summed E-state index contributed by atoms with van der Waals surface area (Å²) in [4.78, 5) is 11.9. The maximum Gasteiger partial charge on any atom is 0.244 e. The van der Waals surface area contributed by atoms with Gasteiger partial charge in [-0.25, -0.2) is 5.43 Å². The quantitative estimate of drug-likeness (QED) is 0.379. The highest BCUT2D eigenvalue weighted by Gasteiger charge is 2.11. The topological polar surface area (TPSA) is 59.9 Å². The van der Waals surface area contributed by atoms with E-state index >= 15 is 0 Å². The van der Waals surface area contributed by atoms with Gasteiger partial charge in [0.15, 0.2) is 11.5 Å². The minimum atomic E-state index is -0.215. The molecule has 136 valence electrons. The maximum absolute atomic E-state index is 11.9. The molecule has 2 rings (SSSR count). The molecule has 2 aromatic rings. The molecule has 0 heterocycles. The first-order valence-corrected chi connectivity index (χ1v) is 8.88. The average molecular weight is 438 g/mol. The van der Waals surface area contributed by atoms with Crippen LogP contribution in [0.3, 0.4) is 0 Å². The second kappa shape index (κ2) is 9.99. The van der Waals surface area contributed by atoms with Crippen LogP contribution in [0.25, 0.3) is 0 Å². The van der Waals surface area contributed by atoms with Crippen LogP contribution in [0.15, 0.2) is 58.6 Å². The highest BCUT2D eigenvalue weighted by molar-refractivity contribution is 9.10. The summed E-state index contributed by atoms with van der Waals surface area (Å²) in [7, 11) is 1.52. The third kappa shape index (κ3) is 5.89. The summed E-state index contributed by atoms with van der Waals surface area (Å²) in [6.07, 6.45) is 3.35. The minimum absolute atomic E-state index is 0.215. The van der Waals surface area contributed by atoms with Crippen molar-refractivity contribution >= 4 is 39.7 Å². The van der Waals surface area contributed by atoms with E-state index in [0.717, 1.165) is 10.0 Å². The Kier molecular flexibility index (Phi) is 7.69. The predicted molar refractivity (Wildman–Crippen MR) is 107 cm³/mol. The average Bonchev–Trinajstić information content (AvgIpc) is 2.62. The Bertz CT molecular complexity index is 807. The summed E-state index contributed by atoms with van der Waals surface area (Å²) in [6, 6.07) is 10.9. The molecule has 0 aromatic heterocycles. The first-order chi connectivity index (χ1) is 12.5. The van der Waals surface area contributed by atoms with Gasteiger partial charge < -0.3 is 9.47 Å². The SMILES string of the molecule is C=CCOc1c(Cl)cc(/C=N/NC(=O)Cc2ccc(Br)cc2)cc1OC. The zero-order valence-electron chi connectivity index (χ0n) is 14.2. The third-order valence-electron chi connectivity index (χ3n) is 3.28. The number of amides is 1. The van der Waals surface area contributed by atoms with Crippen molar-refractivity contribution in [1.82, 2.24) is 5.43 Å². The van der Waals surface area contributed by atoms with Gasteiger partial charge in [-0.15, -0.1) is 0 Å². The van der Waals surface area contributed by atoms with E-state index in [9.17, 15) is 4.79 Å². The minimum Gasteiger partial charge on any atom is -0.493 e. The van der Waals surface area contributed by atoms with Gasteiger partial charge in [-0.05, 0) is 35.4 Å². The number of nitrogens with zero attached hydrogens (tertiary/aromatic N) is 1. The normalized spacial score (nSPS) is 10.6. The van der Waals surface area contributed by atoms with Crippen LogP contribution < -0.4 is 14.9 Å². The van der Waals surface area contributed by atoms with Crippen molar-refractivity contribution in [2.75, 3.05) is 13.7 Å². The molecule has 0 saturated carbocycles. The number of halogens is 2. The lowest BCUT2D eigenvalue weighted by molar-refractivity contribution is -0.120. The van der Waals surface area contributed by atoms with Crippen LogP contribution in [0.4, 0.5) is 0 Å². The zero-order chi connectivity index (χ0) is 18.9. The Morgan fingerprint density at radius 1 is 1.35 bits per heavy atom. The number of carbonyl (C=O) groups excluding carboxylic acids is 1. The van der Waals surface area contributed by atoms with Crippen molar-refractivity contribution in [3.05, 3.63) is 69.7 Å². The Balaban J connectivity index is 2.00. The van der Waals surface area contributed by atoms with Crippen LogP contribution in [0.1, 0.15) is 11.1 Å². The van der Waals surface area contributed by atoms with Gasteiger partial charge in [-0.1, -0.05) is 52.3 Å². The molecule has 7 heteroatoms. The molecular weight excluding hydrogens is 420 g/mol. The van der Waals surface area contributed by atoms with Gasteiger partial charge in [0.2, 0.25) is 5.91 Å². The smallest absolute Gasteiger partial charge is 0.244 e. The monoisotopic (exact) mass is 436 g/mol. The highest BCUT2D eigenvalue weighted by atomic mass is 79.9. The molecule has 5 nitrogen and oxygen atoms in total. The lowest BCUT2D eigenvalue weighted by Crippen LogP contribution is -2.19. The van der Waals surface area contributed by atoms with Gasteiger partial charge in [0.05, 0.1) is 24.8 Å². The summed E-state index contributed by atoms with van der Waals surface area (Å²) in [5.41, 5.74) is 4.06. The fourth-order valence-electron chi connectivity index (χ4n) is 2.10. The Morgan fingerprint density at radius 3 is 2.73 bits per heavy atom. The summed E-state index contributed by atoms with van der Waals surface area (Å²) in [5.74, 6) is 0.694. The van der Waals surface area contributed by atoms with Gasteiger partial charge in [0, 0.05) is 4.47 Å². The van der Waals surface area contributed by atoms with E-state index in [1.165, 1.54) is 13.3 Å². The number of hydrogen-bond acceptors (Lipinski definition) is 4. The van der Waals surface area contributed by atoms with Gasteiger partial charge in [0.25, 0.3) is 0 Å². The van der Waals surface area contributed by atoms with E-state index < -0.39 is 0 Å². The van der Waals surface area contributed by atoms with Crippen molar-refractivity contribution < 1.29 is 14.3 Å². The molecule has 26 heavy (non-hydrogen) atoms. The molecular formula is C19H18BrClN2O3. The van der Waals surface area contributed by atoms with Crippen LogP contribution in [0.2, 0.25) is 5.02 Å². The summed E-state index contributed by atoms with van der Waals surface area (Å²) in [5, 5.41) is 4.34. The second-order valence-corrected chi connectivity index (χ2v) is 6.55. The van der Waals surface area contributed by atoms with Crippen molar-refractivity contribution in [3.63, 3.8) is 0 Å². The van der Waals surface area contributed by atoms with Crippen LogP contribution >= 0.6 is 27.5 Å². The van der Waals surface area contributed by atoms with E-state index in [1.807, 2.05) is 24.3 Å². The molecule has 0 atom stereocenters. The molecule has 1 amide bonds. The highest BCUT2D eigenvalue weighted by Crippen LogP contribution is 2.36. The summed E-state index contributed by atoms with van der Waals surface area (Å²) in [6.45, 7) is 3.91. The predicted octanol–water partition coefficient (Wildman–Crippen LogP) is 4.37. The van der Waals surface area contributed by atoms with Crippen LogP contribution in [0, 0.1) is 0 Å². The summed E-state index contributed by atoms with van der Waals surface area (Å²) < 4.78 is 11.7.